The summed E-state index contributed by atoms with van der Waals surface area (Å²) < 4.78 is 5.29. The van der Waals surface area contributed by atoms with Crippen molar-refractivity contribution in [2.45, 2.75) is 26.5 Å². The smallest absolute Gasteiger partial charge is 0.105 e. The zero-order valence-corrected chi connectivity index (χ0v) is 11.1. The number of rotatable bonds is 4. The highest BCUT2D eigenvalue weighted by molar-refractivity contribution is 5.47. The molecule has 3 heteroatoms. The number of furan rings is 1. The molecule has 96 valence electrons. The van der Waals surface area contributed by atoms with Crippen molar-refractivity contribution in [3.8, 4) is 0 Å². The molecule has 0 bridgehead atoms. The lowest BCUT2D eigenvalue weighted by atomic mass is 10.1. The van der Waals surface area contributed by atoms with E-state index in [1.165, 1.54) is 5.56 Å². The van der Waals surface area contributed by atoms with Crippen LogP contribution in [0.15, 0.2) is 41.0 Å². The van der Waals surface area contributed by atoms with Gasteiger partial charge >= 0.3 is 0 Å². The molecule has 1 atom stereocenters. The van der Waals surface area contributed by atoms with Crippen LogP contribution in [0.4, 0.5) is 5.69 Å². The second-order valence-electron chi connectivity index (χ2n) is 4.63. The maximum atomic E-state index is 9.47. The van der Waals surface area contributed by atoms with E-state index >= 15 is 0 Å². The average molecular weight is 245 g/mol. The number of nitrogens with zero attached hydrogens (tertiary/aromatic N) is 1. The summed E-state index contributed by atoms with van der Waals surface area (Å²) in [6.07, 6.45) is 1.30. The van der Waals surface area contributed by atoms with Crippen molar-refractivity contribution in [2.24, 2.45) is 0 Å². The fraction of sp³-hybridized carbons (Fsp3) is 0.333. The highest BCUT2D eigenvalue weighted by Crippen LogP contribution is 2.20. The van der Waals surface area contributed by atoms with Crippen LogP contribution in [0.2, 0.25) is 0 Å². The van der Waals surface area contributed by atoms with Gasteiger partial charge in [0.1, 0.15) is 5.76 Å². The second-order valence-corrected chi connectivity index (χ2v) is 4.63. The number of hydrogen-bond acceptors (Lipinski definition) is 3. The van der Waals surface area contributed by atoms with Gasteiger partial charge in [0.05, 0.1) is 12.4 Å². The topological polar surface area (TPSA) is 36.6 Å². The molecular weight excluding hydrogens is 226 g/mol. The van der Waals surface area contributed by atoms with Gasteiger partial charge in [-0.2, -0.15) is 0 Å². The third-order valence-electron chi connectivity index (χ3n) is 3.19. The molecule has 1 unspecified atom stereocenters. The summed E-state index contributed by atoms with van der Waals surface area (Å²) in [5.74, 6) is 0.961. The molecule has 2 rings (SSSR count). The Morgan fingerprint density at radius 1 is 1.22 bits per heavy atom. The van der Waals surface area contributed by atoms with E-state index in [4.69, 9.17) is 4.42 Å². The molecule has 0 saturated heterocycles. The van der Waals surface area contributed by atoms with Crippen molar-refractivity contribution in [1.29, 1.82) is 0 Å². The molecule has 1 heterocycles. The maximum Gasteiger partial charge on any atom is 0.105 e. The van der Waals surface area contributed by atoms with Crippen molar-refractivity contribution in [3.05, 3.63) is 53.5 Å². The van der Waals surface area contributed by atoms with Crippen LogP contribution >= 0.6 is 0 Å². The molecule has 18 heavy (non-hydrogen) atoms. The summed E-state index contributed by atoms with van der Waals surface area (Å²) >= 11 is 0. The van der Waals surface area contributed by atoms with Crippen molar-refractivity contribution in [2.75, 3.05) is 11.9 Å². The number of hydrogen-bond donors (Lipinski definition) is 1. The van der Waals surface area contributed by atoms with E-state index in [1.807, 2.05) is 44.3 Å². The Labute approximate surface area is 108 Å². The predicted octanol–water partition coefficient (Wildman–Crippen LogP) is 3.28. The molecule has 0 aliphatic carbocycles. The molecule has 1 aromatic carbocycles. The van der Waals surface area contributed by atoms with Crippen LogP contribution in [0.5, 0.6) is 0 Å². The SMILES string of the molecule is Cc1occc1CN(C)c1ccc(C(C)O)cc1. The lowest BCUT2D eigenvalue weighted by Gasteiger charge is -2.19. The summed E-state index contributed by atoms with van der Waals surface area (Å²) in [5, 5.41) is 9.47. The zero-order chi connectivity index (χ0) is 13.1. The highest BCUT2D eigenvalue weighted by Gasteiger charge is 2.07. The number of aliphatic hydroxyl groups is 1. The van der Waals surface area contributed by atoms with E-state index in [0.717, 1.165) is 23.6 Å². The third kappa shape index (κ3) is 2.74. The molecule has 1 aromatic heterocycles. The van der Waals surface area contributed by atoms with E-state index < -0.39 is 6.10 Å². The fourth-order valence-electron chi connectivity index (χ4n) is 1.93. The first kappa shape index (κ1) is 12.7. The predicted molar refractivity (Wildman–Crippen MR) is 72.6 cm³/mol. The molecule has 0 aliphatic heterocycles. The van der Waals surface area contributed by atoms with Gasteiger partial charge in [-0.25, -0.2) is 0 Å². The Morgan fingerprint density at radius 3 is 2.39 bits per heavy atom. The monoisotopic (exact) mass is 245 g/mol. The van der Waals surface area contributed by atoms with Crippen LogP contribution in [-0.2, 0) is 6.54 Å². The Kier molecular flexibility index (Phi) is 3.72. The quantitative estimate of drug-likeness (QED) is 0.898. The van der Waals surface area contributed by atoms with Gasteiger partial charge in [0.2, 0.25) is 0 Å². The summed E-state index contributed by atoms with van der Waals surface area (Å²) in [6, 6.07) is 9.96. The lowest BCUT2D eigenvalue weighted by molar-refractivity contribution is 0.199. The van der Waals surface area contributed by atoms with E-state index in [0.29, 0.717) is 0 Å². The maximum absolute atomic E-state index is 9.47. The van der Waals surface area contributed by atoms with Gasteiger partial charge < -0.3 is 14.4 Å². The Balaban J connectivity index is 2.09. The summed E-state index contributed by atoms with van der Waals surface area (Å²) in [5.41, 5.74) is 3.25. The van der Waals surface area contributed by atoms with Gasteiger partial charge in [-0.15, -0.1) is 0 Å². The molecule has 3 nitrogen and oxygen atoms in total. The first-order valence-corrected chi connectivity index (χ1v) is 6.10. The minimum absolute atomic E-state index is 0.416. The average Bonchev–Trinajstić information content (AvgIpc) is 2.75. The summed E-state index contributed by atoms with van der Waals surface area (Å²) in [7, 11) is 2.05. The molecule has 0 saturated carbocycles. The van der Waals surface area contributed by atoms with Gasteiger partial charge in [0, 0.05) is 24.8 Å². The van der Waals surface area contributed by atoms with E-state index in [2.05, 4.69) is 4.90 Å². The van der Waals surface area contributed by atoms with Crippen LogP contribution < -0.4 is 4.90 Å². The van der Waals surface area contributed by atoms with Crippen LogP contribution in [0.25, 0.3) is 0 Å². The molecule has 0 spiro atoms. The van der Waals surface area contributed by atoms with Gasteiger partial charge in [0.15, 0.2) is 0 Å². The van der Waals surface area contributed by atoms with Crippen LogP contribution in [0.3, 0.4) is 0 Å². The molecule has 0 radical (unpaired) electrons. The van der Waals surface area contributed by atoms with Crippen LogP contribution in [0, 0.1) is 6.92 Å². The van der Waals surface area contributed by atoms with Gasteiger partial charge in [-0.1, -0.05) is 12.1 Å². The molecule has 1 N–H and O–H groups in total. The molecule has 0 aliphatic rings. The number of aliphatic hydroxyl groups excluding tert-OH is 1. The summed E-state index contributed by atoms with van der Waals surface area (Å²) in [4.78, 5) is 2.16. The van der Waals surface area contributed by atoms with Crippen LogP contribution in [0.1, 0.15) is 29.9 Å². The third-order valence-corrected chi connectivity index (χ3v) is 3.19. The zero-order valence-electron chi connectivity index (χ0n) is 11.1. The Hall–Kier alpha value is -1.74. The Morgan fingerprint density at radius 2 is 1.89 bits per heavy atom. The number of anilines is 1. The Bertz CT molecular complexity index is 499. The summed E-state index contributed by atoms with van der Waals surface area (Å²) in [6.45, 7) is 4.56. The molecular formula is C15H19NO2. The normalized spacial score (nSPS) is 12.4. The van der Waals surface area contributed by atoms with E-state index in [-0.39, 0.29) is 0 Å². The van der Waals surface area contributed by atoms with Gasteiger partial charge in [-0.3, -0.25) is 0 Å². The minimum Gasteiger partial charge on any atom is -0.469 e. The molecule has 2 aromatic rings. The van der Waals surface area contributed by atoms with Crippen molar-refractivity contribution in [1.82, 2.24) is 0 Å². The number of aryl methyl sites for hydroxylation is 1. The van der Waals surface area contributed by atoms with Gasteiger partial charge in [-0.05, 0) is 37.6 Å². The minimum atomic E-state index is -0.416. The largest absolute Gasteiger partial charge is 0.469 e. The highest BCUT2D eigenvalue weighted by atomic mass is 16.3. The van der Waals surface area contributed by atoms with Crippen molar-refractivity contribution >= 4 is 5.69 Å². The van der Waals surface area contributed by atoms with Gasteiger partial charge in [0.25, 0.3) is 0 Å². The molecule has 0 amide bonds. The second kappa shape index (κ2) is 5.27. The van der Waals surface area contributed by atoms with Crippen molar-refractivity contribution < 1.29 is 9.52 Å². The van der Waals surface area contributed by atoms with E-state index in [9.17, 15) is 5.11 Å². The number of benzene rings is 1. The van der Waals surface area contributed by atoms with Crippen molar-refractivity contribution in [3.63, 3.8) is 0 Å². The first-order chi connectivity index (χ1) is 8.58. The van der Waals surface area contributed by atoms with E-state index in [1.54, 1.807) is 13.2 Å². The van der Waals surface area contributed by atoms with Crippen LogP contribution in [-0.4, -0.2) is 12.2 Å². The lowest BCUT2D eigenvalue weighted by Crippen LogP contribution is -2.16. The fourth-order valence-corrected chi connectivity index (χ4v) is 1.93. The standard InChI is InChI=1S/C15H19NO2/c1-11(17)13-4-6-15(7-5-13)16(3)10-14-8-9-18-12(14)2/h4-9,11,17H,10H2,1-3H3. The first-order valence-electron chi connectivity index (χ1n) is 6.10. The molecule has 0 fully saturated rings.